The highest BCUT2D eigenvalue weighted by atomic mass is 35.5. The van der Waals surface area contributed by atoms with Gasteiger partial charge in [0, 0.05) is 24.0 Å². The second-order valence-corrected chi connectivity index (χ2v) is 5.71. The Balaban J connectivity index is 1.80. The Morgan fingerprint density at radius 2 is 2.15 bits per heavy atom. The number of hydrogen-bond acceptors (Lipinski definition) is 3. The van der Waals surface area contributed by atoms with Crippen LogP contribution in [0, 0.1) is 5.92 Å². The first-order valence-corrected chi connectivity index (χ1v) is 7.30. The van der Waals surface area contributed by atoms with Gasteiger partial charge in [0.05, 0.1) is 4.99 Å². The molecule has 1 aliphatic heterocycles. The lowest BCUT2D eigenvalue weighted by molar-refractivity contribution is -0.134. The molecule has 0 atom stereocenters. The van der Waals surface area contributed by atoms with Crippen LogP contribution >= 0.6 is 23.8 Å². The van der Waals surface area contributed by atoms with Crippen LogP contribution in [0.4, 0.5) is 0 Å². The van der Waals surface area contributed by atoms with Gasteiger partial charge in [-0.05, 0) is 31.0 Å². The Bertz CT molecular complexity index is 502. The minimum atomic E-state index is -0.0219. The highest BCUT2D eigenvalue weighted by molar-refractivity contribution is 7.80. The average Bonchev–Trinajstić information content (AvgIpc) is 2.45. The monoisotopic (exact) mass is 312 g/mol. The van der Waals surface area contributed by atoms with Crippen LogP contribution in [0.1, 0.15) is 12.8 Å². The van der Waals surface area contributed by atoms with Crippen LogP contribution in [0.5, 0.6) is 5.75 Å². The lowest BCUT2D eigenvalue weighted by Gasteiger charge is -2.31. The maximum Gasteiger partial charge on any atom is 0.260 e. The van der Waals surface area contributed by atoms with Gasteiger partial charge in [-0.25, -0.2) is 0 Å². The molecule has 1 aromatic carbocycles. The molecule has 0 radical (unpaired) electrons. The van der Waals surface area contributed by atoms with Crippen LogP contribution in [0.2, 0.25) is 5.02 Å². The molecule has 0 unspecified atom stereocenters. The molecule has 0 aliphatic carbocycles. The first-order valence-electron chi connectivity index (χ1n) is 6.51. The van der Waals surface area contributed by atoms with Crippen molar-refractivity contribution in [1.82, 2.24) is 4.90 Å². The smallest absolute Gasteiger partial charge is 0.260 e. The van der Waals surface area contributed by atoms with Crippen molar-refractivity contribution in [2.75, 3.05) is 19.7 Å². The Hall–Kier alpha value is -1.33. The van der Waals surface area contributed by atoms with E-state index in [-0.39, 0.29) is 18.4 Å². The van der Waals surface area contributed by atoms with Crippen molar-refractivity contribution in [3.63, 3.8) is 0 Å². The second kappa shape index (κ2) is 6.90. The van der Waals surface area contributed by atoms with Gasteiger partial charge in [-0.1, -0.05) is 29.9 Å². The number of likely N-dealkylation sites (tertiary alicyclic amines) is 1. The van der Waals surface area contributed by atoms with Crippen molar-refractivity contribution < 1.29 is 9.53 Å². The summed E-state index contributed by atoms with van der Waals surface area (Å²) in [5, 5.41) is 0.590. The largest absolute Gasteiger partial charge is 0.484 e. The fourth-order valence-corrected chi connectivity index (χ4v) is 2.62. The Morgan fingerprint density at radius 3 is 2.75 bits per heavy atom. The molecule has 20 heavy (non-hydrogen) atoms. The molecule has 1 aliphatic rings. The molecule has 2 rings (SSSR count). The third-order valence-electron chi connectivity index (χ3n) is 3.41. The minimum Gasteiger partial charge on any atom is -0.484 e. The number of piperidine rings is 1. The van der Waals surface area contributed by atoms with Crippen LogP contribution in [0.25, 0.3) is 0 Å². The zero-order valence-corrected chi connectivity index (χ0v) is 12.6. The molecule has 0 spiro atoms. The van der Waals surface area contributed by atoms with Crippen LogP contribution in [-0.4, -0.2) is 35.5 Å². The summed E-state index contributed by atoms with van der Waals surface area (Å²) in [5.41, 5.74) is 5.63. The molecule has 4 nitrogen and oxygen atoms in total. The molecule has 2 N–H and O–H groups in total. The first kappa shape index (κ1) is 15.1. The highest BCUT2D eigenvalue weighted by Crippen LogP contribution is 2.19. The normalized spacial score (nSPS) is 15.9. The number of carbonyl (C=O) groups excluding carboxylic acids is 1. The standard InChI is InChI=1S/C14H17ClN2O2S/c15-11-2-1-3-12(8-11)19-9-13(18)17-6-4-10(5-7-17)14(16)20/h1-3,8,10H,4-7,9H2,(H2,16,20). The number of nitrogens with zero attached hydrogens (tertiary/aromatic N) is 1. The van der Waals surface area contributed by atoms with E-state index in [2.05, 4.69) is 0 Å². The van der Waals surface area contributed by atoms with E-state index in [1.54, 1.807) is 29.2 Å². The third-order valence-corrected chi connectivity index (χ3v) is 3.98. The molecule has 0 saturated carbocycles. The molecule has 6 heteroatoms. The summed E-state index contributed by atoms with van der Waals surface area (Å²) in [6, 6.07) is 7.01. The van der Waals surface area contributed by atoms with Gasteiger partial charge in [0.25, 0.3) is 5.91 Å². The Morgan fingerprint density at radius 1 is 1.45 bits per heavy atom. The SMILES string of the molecule is NC(=S)C1CCN(C(=O)COc2cccc(Cl)c2)CC1. The van der Waals surface area contributed by atoms with Crippen molar-refractivity contribution in [1.29, 1.82) is 0 Å². The second-order valence-electron chi connectivity index (χ2n) is 4.80. The number of thiocarbonyl (C=S) groups is 1. The number of halogens is 1. The molecular weight excluding hydrogens is 296 g/mol. The van der Waals surface area contributed by atoms with Crippen molar-refractivity contribution in [3.8, 4) is 5.75 Å². The van der Waals surface area contributed by atoms with E-state index in [9.17, 15) is 4.79 Å². The van der Waals surface area contributed by atoms with Crippen molar-refractivity contribution in [2.24, 2.45) is 11.7 Å². The van der Waals surface area contributed by atoms with E-state index in [4.69, 9.17) is 34.3 Å². The van der Waals surface area contributed by atoms with E-state index in [0.717, 1.165) is 12.8 Å². The molecular formula is C14H17ClN2O2S. The van der Waals surface area contributed by atoms with Gasteiger partial charge in [0.2, 0.25) is 0 Å². The summed E-state index contributed by atoms with van der Waals surface area (Å²) in [6.45, 7) is 1.39. The lowest BCUT2D eigenvalue weighted by Crippen LogP contribution is -2.43. The summed E-state index contributed by atoms with van der Waals surface area (Å²) < 4.78 is 5.45. The number of benzene rings is 1. The zero-order chi connectivity index (χ0) is 14.5. The van der Waals surface area contributed by atoms with Crippen LogP contribution in [-0.2, 0) is 4.79 Å². The predicted octanol–water partition coefficient (Wildman–Crippen LogP) is 2.24. The van der Waals surface area contributed by atoms with Crippen LogP contribution in [0.3, 0.4) is 0 Å². The fourth-order valence-electron chi connectivity index (χ4n) is 2.21. The molecule has 0 aromatic heterocycles. The van der Waals surface area contributed by atoms with Gasteiger partial charge in [0.15, 0.2) is 6.61 Å². The highest BCUT2D eigenvalue weighted by Gasteiger charge is 2.24. The Kier molecular flexibility index (Phi) is 5.20. The van der Waals surface area contributed by atoms with E-state index in [1.807, 2.05) is 0 Å². The van der Waals surface area contributed by atoms with Gasteiger partial charge in [-0.15, -0.1) is 0 Å². The van der Waals surface area contributed by atoms with Crippen molar-refractivity contribution >= 4 is 34.7 Å². The molecule has 1 fully saturated rings. The summed E-state index contributed by atoms with van der Waals surface area (Å²) in [6.07, 6.45) is 1.66. The molecule has 108 valence electrons. The number of rotatable bonds is 4. The number of carbonyl (C=O) groups is 1. The number of nitrogens with two attached hydrogens (primary N) is 1. The van der Waals surface area contributed by atoms with Gasteiger partial charge < -0.3 is 15.4 Å². The maximum absolute atomic E-state index is 12.0. The quantitative estimate of drug-likeness (QED) is 0.866. The topological polar surface area (TPSA) is 55.6 Å². The van der Waals surface area contributed by atoms with E-state index in [0.29, 0.717) is 28.9 Å². The van der Waals surface area contributed by atoms with Gasteiger partial charge in [-0.2, -0.15) is 0 Å². The Labute approximate surface area is 128 Å². The number of ether oxygens (including phenoxy) is 1. The number of amides is 1. The summed E-state index contributed by atoms with van der Waals surface area (Å²) >= 11 is 10.8. The lowest BCUT2D eigenvalue weighted by atomic mass is 9.97. The van der Waals surface area contributed by atoms with Gasteiger partial charge in [0.1, 0.15) is 5.75 Å². The van der Waals surface area contributed by atoms with Crippen LogP contribution in [0.15, 0.2) is 24.3 Å². The molecule has 0 bridgehead atoms. The van der Waals surface area contributed by atoms with Gasteiger partial charge in [-0.3, -0.25) is 4.79 Å². The van der Waals surface area contributed by atoms with Crippen molar-refractivity contribution in [2.45, 2.75) is 12.8 Å². The predicted molar refractivity (Wildman–Crippen MR) is 83.0 cm³/mol. The van der Waals surface area contributed by atoms with E-state index >= 15 is 0 Å². The summed E-state index contributed by atoms with van der Waals surface area (Å²) in [7, 11) is 0. The molecule has 1 amide bonds. The maximum atomic E-state index is 12.0. The van der Waals surface area contributed by atoms with Crippen LogP contribution < -0.4 is 10.5 Å². The van der Waals surface area contributed by atoms with E-state index in [1.165, 1.54) is 0 Å². The molecule has 1 saturated heterocycles. The summed E-state index contributed by atoms with van der Waals surface area (Å²) in [4.78, 5) is 14.4. The first-order chi connectivity index (χ1) is 9.56. The molecule has 1 aromatic rings. The fraction of sp³-hybridized carbons (Fsp3) is 0.429. The van der Waals surface area contributed by atoms with E-state index < -0.39 is 0 Å². The zero-order valence-electron chi connectivity index (χ0n) is 11.0. The van der Waals surface area contributed by atoms with Crippen molar-refractivity contribution in [3.05, 3.63) is 29.3 Å². The minimum absolute atomic E-state index is 0.0219. The molecule has 1 heterocycles. The average molecular weight is 313 g/mol. The van der Waals surface area contributed by atoms with Gasteiger partial charge >= 0.3 is 0 Å². The summed E-state index contributed by atoms with van der Waals surface area (Å²) in [5.74, 6) is 0.832. The number of hydrogen-bond donors (Lipinski definition) is 1. The third kappa shape index (κ3) is 4.08.